The maximum absolute atomic E-state index is 11.8. The Hall–Kier alpha value is -2.24. The van der Waals surface area contributed by atoms with Gasteiger partial charge in [-0.25, -0.2) is 5.43 Å². The van der Waals surface area contributed by atoms with Gasteiger partial charge in [0.15, 0.2) is 6.61 Å². The Kier molecular flexibility index (Phi) is 6.46. The maximum Gasteiger partial charge on any atom is 0.277 e. The molecular weight excluding hydrogens is 351 g/mol. The van der Waals surface area contributed by atoms with Crippen LogP contribution in [0.15, 0.2) is 47.6 Å². The summed E-state index contributed by atoms with van der Waals surface area (Å²) in [5, 5.41) is 4.91. The average molecular weight is 367 g/mol. The van der Waals surface area contributed by atoms with Gasteiger partial charge >= 0.3 is 0 Å². The fourth-order valence-electron chi connectivity index (χ4n) is 1.79. The number of carbonyl (C=O) groups excluding carboxylic acids is 1. The molecule has 0 saturated heterocycles. The van der Waals surface area contributed by atoms with Gasteiger partial charge in [0.1, 0.15) is 11.5 Å². The average Bonchev–Trinajstić information content (AvgIpc) is 2.60. The standard InChI is InChI=1S/C17H16Cl2N2O3/c1-11(12-3-8-15(18)16(19)9-12)20-21-17(22)10-24-14-6-4-13(23-2)5-7-14/h3-9H,10H2,1-2H3,(H,21,22)/b20-11+. The molecule has 0 heterocycles. The molecule has 0 atom stereocenters. The van der Waals surface area contributed by atoms with Crippen LogP contribution in [-0.4, -0.2) is 25.3 Å². The molecule has 0 spiro atoms. The van der Waals surface area contributed by atoms with E-state index >= 15 is 0 Å². The van der Waals surface area contributed by atoms with E-state index in [0.717, 1.165) is 5.56 Å². The van der Waals surface area contributed by atoms with Crippen LogP contribution in [0.4, 0.5) is 0 Å². The first-order valence-corrected chi connectivity index (χ1v) is 7.80. The topological polar surface area (TPSA) is 59.9 Å². The molecule has 0 radical (unpaired) electrons. The van der Waals surface area contributed by atoms with Crippen molar-refractivity contribution >= 4 is 34.8 Å². The summed E-state index contributed by atoms with van der Waals surface area (Å²) in [5.41, 5.74) is 3.80. The molecular formula is C17H16Cl2N2O3. The van der Waals surface area contributed by atoms with E-state index in [1.165, 1.54) is 0 Å². The number of hydrazone groups is 1. The van der Waals surface area contributed by atoms with E-state index in [-0.39, 0.29) is 12.5 Å². The lowest BCUT2D eigenvalue weighted by atomic mass is 10.1. The van der Waals surface area contributed by atoms with Crippen LogP contribution in [0, 0.1) is 0 Å². The van der Waals surface area contributed by atoms with Crippen molar-refractivity contribution in [2.75, 3.05) is 13.7 Å². The number of hydrogen-bond donors (Lipinski definition) is 1. The second-order valence-electron chi connectivity index (χ2n) is 4.83. The van der Waals surface area contributed by atoms with Crippen molar-refractivity contribution in [1.29, 1.82) is 0 Å². The number of rotatable bonds is 6. The van der Waals surface area contributed by atoms with Crippen LogP contribution in [-0.2, 0) is 4.79 Å². The van der Waals surface area contributed by atoms with E-state index in [1.807, 2.05) is 0 Å². The molecule has 0 aliphatic carbocycles. The molecule has 0 aliphatic rings. The molecule has 24 heavy (non-hydrogen) atoms. The summed E-state index contributed by atoms with van der Waals surface area (Å²) in [4.78, 5) is 11.8. The van der Waals surface area contributed by atoms with Gasteiger partial charge in [-0.15, -0.1) is 0 Å². The van der Waals surface area contributed by atoms with E-state index in [2.05, 4.69) is 10.5 Å². The number of ether oxygens (including phenoxy) is 2. The zero-order valence-electron chi connectivity index (χ0n) is 13.2. The lowest BCUT2D eigenvalue weighted by molar-refractivity contribution is -0.123. The van der Waals surface area contributed by atoms with Crippen molar-refractivity contribution in [2.24, 2.45) is 5.10 Å². The number of amides is 1. The Morgan fingerprint density at radius 1 is 1.08 bits per heavy atom. The van der Waals surface area contributed by atoms with E-state index < -0.39 is 0 Å². The molecule has 0 unspecified atom stereocenters. The summed E-state index contributed by atoms with van der Waals surface area (Å²) < 4.78 is 10.4. The van der Waals surface area contributed by atoms with Crippen LogP contribution in [0.2, 0.25) is 10.0 Å². The van der Waals surface area contributed by atoms with Gasteiger partial charge in [-0.1, -0.05) is 29.3 Å². The summed E-state index contributed by atoms with van der Waals surface area (Å²) in [6, 6.07) is 12.1. The fourth-order valence-corrected chi connectivity index (χ4v) is 2.08. The zero-order valence-corrected chi connectivity index (χ0v) is 14.7. The van der Waals surface area contributed by atoms with Crippen LogP contribution in [0.3, 0.4) is 0 Å². The van der Waals surface area contributed by atoms with E-state index in [1.54, 1.807) is 56.5 Å². The SMILES string of the molecule is COc1ccc(OCC(=O)N/N=C(\C)c2ccc(Cl)c(Cl)c2)cc1. The number of halogens is 2. The molecule has 2 rings (SSSR count). The number of carbonyl (C=O) groups is 1. The first kappa shape index (κ1) is 18.1. The quantitative estimate of drug-likeness (QED) is 0.622. The minimum Gasteiger partial charge on any atom is -0.497 e. The van der Waals surface area contributed by atoms with Gasteiger partial charge in [0, 0.05) is 0 Å². The first-order chi connectivity index (χ1) is 11.5. The molecule has 0 aliphatic heterocycles. The molecule has 0 aromatic heterocycles. The van der Waals surface area contributed by atoms with Crippen molar-refractivity contribution < 1.29 is 14.3 Å². The van der Waals surface area contributed by atoms with Gasteiger partial charge in [0.05, 0.1) is 22.9 Å². The predicted octanol–water partition coefficient (Wildman–Crippen LogP) is 3.92. The van der Waals surface area contributed by atoms with Crippen LogP contribution in [0.1, 0.15) is 12.5 Å². The van der Waals surface area contributed by atoms with Crippen molar-refractivity contribution in [3.63, 3.8) is 0 Å². The molecule has 7 heteroatoms. The molecule has 2 aromatic rings. The minimum atomic E-state index is -0.370. The third kappa shape index (κ3) is 5.15. The Balaban J connectivity index is 1.87. The summed E-state index contributed by atoms with van der Waals surface area (Å²) in [6.07, 6.45) is 0. The summed E-state index contributed by atoms with van der Waals surface area (Å²) in [5.74, 6) is 0.912. The van der Waals surface area contributed by atoms with Gasteiger partial charge in [-0.3, -0.25) is 4.79 Å². The van der Waals surface area contributed by atoms with Gasteiger partial charge in [-0.05, 0) is 48.9 Å². The zero-order chi connectivity index (χ0) is 17.5. The first-order valence-electron chi connectivity index (χ1n) is 7.05. The summed E-state index contributed by atoms with van der Waals surface area (Å²) >= 11 is 11.8. The lowest BCUT2D eigenvalue weighted by Crippen LogP contribution is -2.25. The van der Waals surface area contributed by atoms with Gasteiger partial charge in [-0.2, -0.15) is 5.10 Å². The predicted molar refractivity (Wildman–Crippen MR) is 95.3 cm³/mol. The van der Waals surface area contributed by atoms with Crippen molar-refractivity contribution in [3.8, 4) is 11.5 Å². The minimum absolute atomic E-state index is 0.148. The van der Waals surface area contributed by atoms with Gasteiger partial charge < -0.3 is 9.47 Å². The second-order valence-corrected chi connectivity index (χ2v) is 5.64. The second kappa shape index (κ2) is 8.57. The molecule has 0 bridgehead atoms. The monoisotopic (exact) mass is 366 g/mol. The molecule has 2 aromatic carbocycles. The van der Waals surface area contributed by atoms with Crippen molar-refractivity contribution in [3.05, 3.63) is 58.1 Å². The van der Waals surface area contributed by atoms with Crippen molar-refractivity contribution in [2.45, 2.75) is 6.92 Å². The number of nitrogens with zero attached hydrogens (tertiary/aromatic N) is 1. The Morgan fingerprint density at radius 2 is 1.75 bits per heavy atom. The van der Waals surface area contributed by atoms with Crippen LogP contribution >= 0.6 is 23.2 Å². The largest absolute Gasteiger partial charge is 0.497 e. The van der Waals surface area contributed by atoms with Gasteiger partial charge in [0.25, 0.3) is 5.91 Å². The Labute approximate surface area is 150 Å². The Bertz CT molecular complexity index is 746. The van der Waals surface area contributed by atoms with E-state index in [9.17, 15) is 4.79 Å². The normalized spacial score (nSPS) is 11.1. The lowest BCUT2D eigenvalue weighted by Gasteiger charge is -2.07. The van der Waals surface area contributed by atoms with Gasteiger partial charge in [0.2, 0.25) is 0 Å². The molecule has 126 valence electrons. The number of methoxy groups -OCH3 is 1. The number of benzene rings is 2. The molecule has 0 saturated carbocycles. The molecule has 1 N–H and O–H groups in total. The van der Waals surface area contributed by atoms with Crippen molar-refractivity contribution in [1.82, 2.24) is 5.43 Å². The third-order valence-corrected chi connectivity index (χ3v) is 3.85. The van der Waals surface area contributed by atoms with Crippen LogP contribution < -0.4 is 14.9 Å². The highest BCUT2D eigenvalue weighted by Crippen LogP contribution is 2.22. The smallest absolute Gasteiger partial charge is 0.277 e. The maximum atomic E-state index is 11.8. The highest BCUT2D eigenvalue weighted by atomic mass is 35.5. The Morgan fingerprint density at radius 3 is 2.38 bits per heavy atom. The number of nitrogens with one attached hydrogen (secondary N) is 1. The highest BCUT2D eigenvalue weighted by Gasteiger charge is 2.05. The van der Waals surface area contributed by atoms with Crippen LogP contribution in [0.25, 0.3) is 0 Å². The van der Waals surface area contributed by atoms with E-state index in [0.29, 0.717) is 27.3 Å². The number of hydrogen-bond acceptors (Lipinski definition) is 4. The van der Waals surface area contributed by atoms with E-state index in [4.69, 9.17) is 32.7 Å². The fraction of sp³-hybridized carbons (Fsp3) is 0.176. The third-order valence-electron chi connectivity index (χ3n) is 3.12. The highest BCUT2D eigenvalue weighted by molar-refractivity contribution is 6.42. The molecule has 1 amide bonds. The molecule has 5 nitrogen and oxygen atoms in total. The summed E-state index contributed by atoms with van der Waals surface area (Å²) in [6.45, 7) is 1.61. The summed E-state index contributed by atoms with van der Waals surface area (Å²) in [7, 11) is 1.58. The van der Waals surface area contributed by atoms with Crippen LogP contribution in [0.5, 0.6) is 11.5 Å². The molecule has 0 fully saturated rings.